The van der Waals surface area contributed by atoms with Gasteiger partial charge in [-0.05, 0) is 31.5 Å². The first kappa shape index (κ1) is 18.5. The van der Waals surface area contributed by atoms with Gasteiger partial charge in [-0.1, -0.05) is 23.7 Å². The van der Waals surface area contributed by atoms with Gasteiger partial charge in [-0.2, -0.15) is 5.10 Å². The van der Waals surface area contributed by atoms with Gasteiger partial charge >= 0.3 is 11.9 Å². The number of aromatic nitrogens is 2. The Morgan fingerprint density at radius 3 is 2.32 bits per heavy atom. The molecular weight excluding hydrogens is 346 g/mol. The fraction of sp³-hybridized carbons (Fsp3) is 0.235. The molecule has 8 heteroatoms. The quantitative estimate of drug-likeness (QED) is 0.340. The van der Waals surface area contributed by atoms with E-state index in [0.717, 1.165) is 11.3 Å². The van der Waals surface area contributed by atoms with E-state index in [1.807, 2.05) is 12.1 Å². The number of aromatic amines is 1. The van der Waals surface area contributed by atoms with Crippen LogP contribution in [0.15, 0.2) is 42.1 Å². The van der Waals surface area contributed by atoms with Crippen LogP contribution in [0.5, 0.6) is 0 Å². The molecule has 1 aromatic heterocycles. The maximum absolute atomic E-state index is 11.9. The average Bonchev–Trinajstić information content (AvgIpc) is 3.05. The highest BCUT2D eigenvalue weighted by Crippen LogP contribution is 2.21. The molecule has 0 unspecified atom stereocenters. The number of benzene rings is 1. The van der Waals surface area contributed by atoms with Crippen molar-refractivity contribution >= 4 is 29.4 Å². The number of carbonyl (C=O) groups is 2. The topological polar surface area (TPSA) is 93.3 Å². The second-order valence-corrected chi connectivity index (χ2v) is 5.25. The summed E-state index contributed by atoms with van der Waals surface area (Å²) < 4.78 is 9.71. The largest absolute Gasteiger partial charge is 0.462 e. The van der Waals surface area contributed by atoms with Crippen molar-refractivity contribution in [3.8, 4) is 11.3 Å². The summed E-state index contributed by atoms with van der Waals surface area (Å²) in [5, 5.41) is 10.4. The number of H-pyrrole nitrogens is 1. The summed E-state index contributed by atoms with van der Waals surface area (Å²) in [7, 11) is 0. The zero-order valence-electron chi connectivity index (χ0n) is 13.8. The molecule has 0 atom stereocenters. The number of anilines is 1. The summed E-state index contributed by atoms with van der Waals surface area (Å²) in [4.78, 5) is 23.7. The lowest BCUT2D eigenvalue weighted by atomic mass is 10.1. The third kappa shape index (κ3) is 5.09. The summed E-state index contributed by atoms with van der Waals surface area (Å²) in [5.74, 6) is -1.10. The molecule has 132 valence electrons. The van der Waals surface area contributed by atoms with Crippen LogP contribution < -0.4 is 5.32 Å². The fourth-order valence-corrected chi connectivity index (χ4v) is 2.06. The van der Waals surface area contributed by atoms with Crippen LogP contribution in [-0.4, -0.2) is 35.3 Å². The molecule has 0 aliphatic carbocycles. The Kier molecular flexibility index (Phi) is 6.59. The molecule has 2 aromatic rings. The van der Waals surface area contributed by atoms with E-state index in [4.69, 9.17) is 21.1 Å². The van der Waals surface area contributed by atoms with E-state index >= 15 is 0 Å². The summed E-state index contributed by atoms with van der Waals surface area (Å²) in [6.07, 6.45) is 1.22. The molecule has 1 aromatic carbocycles. The van der Waals surface area contributed by atoms with Gasteiger partial charge < -0.3 is 14.8 Å². The van der Waals surface area contributed by atoms with Gasteiger partial charge in [0.2, 0.25) is 0 Å². The minimum absolute atomic E-state index is 0.151. The SMILES string of the molecule is CCOC(=O)C(=CNc1cc(-c2ccc(Cl)cc2)[nH]n1)C(=O)OCC. The Morgan fingerprint density at radius 1 is 1.16 bits per heavy atom. The van der Waals surface area contributed by atoms with Gasteiger partial charge in [0.05, 0.1) is 18.9 Å². The molecular formula is C17H18ClN3O4. The first-order chi connectivity index (χ1) is 12.0. The lowest BCUT2D eigenvalue weighted by molar-refractivity contribution is -0.146. The molecule has 2 N–H and O–H groups in total. The van der Waals surface area contributed by atoms with Gasteiger partial charge in [0.15, 0.2) is 11.4 Å². The predicted molar refractivity (Wildman–Crippen MR) is 94.0 cm³/mol. The molecule has 0 fully saturated rings. The lowest BCUT2D eigenvalue weighted by Crippen LogP contribution is -2.19. The second kappa shape index (κ2) is 8.89. The first-order valence-electron chi connectivity index (χ1n) is 7.67. The van der Waals surface area contributed by atoms with Crippen LogP contribution in [0.3, 0.4) is 0 Å². The number of hydrogen-bond acceptors (Lipinski definition) is 6. The van der Waals surface area contributed by atoms with Crippen molar-refractivity contribution in [3.63, 3.8) is 0 Å². The van der Waals surface area contributed by atoms with Crippen molar-refractivity contribution in [2.24, 2.45) is 0 Å². The third-order valence-corrected chi connectivity index (χ3v) is 3.34. The minimum Gasteiger partial charge on any atom is -0.462 e. The summed E-state index contributed by atoms with van der Waals surface area (Å²) in [5.41, 5.74) is 1.41. The molecule has 0 aliphatic rings. The predicted octanol–water partition coefficient (Wildman–Crippen LogP) is 3.15. The molecule has 0 amide bonds. The van der Waals surface area contributed by atoms with Crippen molar-refractivity contribution in [1.29, 1.82) is 0 Å². The van der Waals surface area contributed by atoms with Crippen LogP contribution >= 0.6 is 11.6 Å². The lowest BCUT2D eigenvalue weighted by Gasteiger charge is -2.06. The van der Waals surface area contributed by atoms with E-state index in [0.29, 0.717) is 10.8 Å². The Hall–Kier alpha value is -2.80. The number of esters is 2. The number of hydrogen-bond donors (Lipinski definition) is 2. The van der Waals surface area contributed by atoms with Crippen LogP contribution in [0.4, 0.5) is 5.82 Å². The van der Waals surface area contributed by atoms with E-state index in [1.165, 1.54) is 6.20 Å². The van der Waals surface area contributed by atoms with Crippen LogP contribution in [0, 0.1) is 0 Å². The molecule has 0 spiro atoms. The van der Waals surface area contributed by atoms with Crippen LogP contribution in [0.1, 0.15) is 13.8 Å². The highest BCUT2D eigenvalue weighted by atomic mass is 35.5. The maximum Gasteiger partial charge on any atom is 0.347 e. The molecule has 0 radical (unpaired) electrons. The van der Waals surface area contributed by atoms with Crippen LogP contribution in [0.2, 0.25) is 5.02 Å². The number of nitrogens with zero attached hydrogens (tertiary/aromatic N) is 1. The third-order valence-electron chi connectivity index (χ3n) is 3.09. The smallest absolute Gasteiger partial charge is 0.347 e. The normalized spacial score (nSPS) is 10.0. The first-order valence-corrected chi connectivity index (χ1v) is 8.05. The van der Waals surface area contributed by atoms with E-state index in [1.54, 1.807) is 32.0 Å². The van der Waals surface area contributed by atoms with Crippen molar-refractivity contribution < 1.29 is 19.1 Å². The van der Waals surface area contributed by atoms with E-state index in [2.05, 4.69) is 15.5 Å². The highest BCUT2D eigenvalue weighted by molar-refractivity contribution is 6.30. The van der Waals surface area contributed by atoms with Gasteiger partial charge in [0.25, 0.3) is 0 Å². The molecule has 1 heterocycles. The fourth-order valence-electron chi connectivity index (χ4n) is 1.94. The second-order valence-electron chi connectivity index (χ2n) is 4.82. The number of halogens is 1. The van der Waals surface area contributed by atoms with Crippen LogP contribution in [-0.2, 0) is 19.1 Å². The standard InChI is InChI=1S/C17H18ClN3O4/c1-3-24-16(22)13(17(23)25-4-2)10-19-15-9-14(20-21-15)11-5-7-12(18)8-6-11/h5-10H,3-4H2,1-2H3,(H2,19,20,21). The molecule has 0 saturated carbocycles. The molecule has 2 rings (SSSR count). The summed E-state index contributed by atoms with van der Waals surface area (Å²) in [6.45, 7) is 3.61. The van der Waals surface area contributed by atoms with Crippen molar-refractivity contribution in [3.05, 3.63) is 47.1 Å². The van der Waals surface area contributed by atoms with E-state index < -0.39 is 11.9 Å². The van der Waals surface area contributed by atoms with Crippen LogP contribution in [0.25, 0.3) is 11.3 Å². The van der Waals surface area contributed by atoms with Gasteiger partial charge in [-0.3, -0.25) is 5.10 Å². The Balaban J connectivity index is 2.15. The van der Waals surface area contributed by atoms with E-state index in [-0.39, 0.29) is 18.8 Å². The number of carbonyl (C=O) groups excluding carboxylic acids is 2. The number of rotatable bonds is 7. The van der Waals surface area contributed by atoms with Gasteiger partial charge in [0, 0.05) is 17.3 Å². The zero-order valence-corrected chi connectivity index (χ0v) is 14.6. The molecule has 25 heavy (non-hydrogen) atoms. The van der Waals surface area contributed by atoms with Gasteiger partial charge in [-0.25, -0.2) is 9.59 Å². The zero-order chi connectivity index (χ0) is 18.2. The average molecular weight is 364 g/mol. The van der Waals surface area contributed by atoms with E-state index in [9.17, 15) is 9.59 Å². The Labute approximate surface area is 150 Å². The highest BCUT2D eigenvalue weighted by Gasteiger charge is 2.21. The Bertz CT molecular complexity index is 748. The summed E-state index contributed by atoms with van der Waals surface area (Å²) in [6, 6.07) is 8.96. The number of nitrogens with one attached hydrogen (secondary N) is 2. The monoisotopic (exact) mass is 363 g/mol. The Morgan fingerprint density at radius 2 is 1.76 bits per heavy atom. The van der Waals surface area contributed by atoms with Crippen molar-refractivity contribution in [2.75, 3.05) is 18.5 Å². The molecule has 7 nitrogen and oxygen atoms in total. The molecule has 0 bridgehead atoms. The van der Waals surface area contributed by atoms with Crippen molar-refractivity contribution in [2.45, 2.75) is 13.8 Å². The summed E-state index contributed by atoms with van der Waals surface area (Å²) >= 11 is 5.87. The minimum atomic E-state index is -0.762. The van der Waals surface area contributed by atoms with Gasteiger partial charge in [-0.15, -0.1) is 0 Å². The van der Waals surface area contributed by atoms with Crippen molar-refractivity contribution in [1.82, 2.24) is 10.2 Å². The van der Waals surface area contributed by atoms with Gasteiger partial charge in [0.1, 0.15) is 0 Å². The molecule has 0 saturated heterocycles. The number of ether oxygens (including phenoxy) is 2. The maximum atomic E-state index is 11.9. The molecule has 0 aliphatic heterocycles.